The zero-order valence-electron chi connectivity index (χ0n) is 6.07. The molecule has 0 rings (SSSR count). The van der Waals surface area contributed by atoms with Crippen molar-refractivity contribution in [3.63, 3.8) is 0 Å². The summed E-state index contributed by atoms with van der Waals surface area (Å²) in [6.45, 7) is 4.75. The molecule has 0 aliphatic heterocycles. The van der Waals surface area contributed by atoms with Gasteiger partial charge in [0, 0.05) is 0 Å². The molecule has 2 N–H and O–H groups in total. The first kappa shape index (κ1) is 10.8. The van der Waals surface area contributed by atoms with Crippen molar-refractivity contribution in [2.24, 2.45) is 5.90 Å². The van der Waals surface area contributed by atoms with Gasteiger partial charge in [-0.25, -0.2) is 0 Å². The minimum atomic E-state index is -2.30. The van der Waals surface area contributed by atoms with Gasteiger partial charge in [-0.3, -0.25) is 0 Å². The van der Waals surface area contributed by atoms with Crippen molar-refractivity contribution in [3.05, 3.63) is 0 Å². The van der Waals surface area contributed by atoms with Crippen LogP contribution in [0.1, 0.15) is 13.8 Å². The van der Waals surface area contributed by atoms with Crippen molar-refractivity contribution in [3.8, 4) is 0 Å². The molecule has 0 radical (unpaired) electrons. The molecule has 0 unspecified atom stereocenters. The fourth-order valence-electron chi connectivity index (χ4n) is 0.414. The summed E-state index contributed by atoms with van der Waals surface area (Å²) in [6.07, 6.45) is -2.30. The summed E-state index contributed by atoms with van der Waals surface area (Å²) in [5, 5.41) is 0. The second kappa shape index (κ2) is 5.44. The van der Waals surface area contributed by atoms with Gasteiger partial charge in [-0.05, 0) is 0 Å². The molecule has 10 heavy (non-hydrogen) atoms. The fourth-order valence-corrected chi connectivity index (χ4v) is 2.57. The van der Waals surface area contributed by atoms with Crippen molar-refractivity contribution in [1.29, 1.82) is 0 Å². The number of nitrogens with two attached hydrogens (primary N) is 1. The quantitative estimate of drug-likeness (QED) is 0.432. The van der Waals surface area contributed by atoms with Crippen LogP contribution in [0.25, 0.3) is 0 Å². The Bertz CT molecular complexity index is 122. The molecule has 0 fully saturated rings. The van der Waals surface area contributed by atoms with Gasteiger partial charge in [-0.2, -0.15) is 0 Å². The van der Waals surface area contributed by atoms with Crippen LogP contribution in [0, 0.1) is 0 Å². The third-order valence-corrected chi connectivity index (χ3v) is 3.98. The van der Waals surface area contributed by atoms with Gasteiger partial charge in [-0.15, -0.1) is 0 Å². The molecule has 0 bridgehead atoms. The van der Waals surface area contributed by atoms with E-state index in [0.717, 1.165) is 0 Å². The molecule has 0 saturated carbocycles. The zero-order valence-corrected chi connectivity index (χ0v) is 8.68. The summed E-state index contributed by atoms with van der Waals surface area (Å²) < 4.78 is 14.7. The number of hydrogen-bond donors (Lipinski definition) is 1. The summed E-state index contributed by atoms with van der Waals surface area (Å²) in [7, 11) is 0. The van der Waals surface area contributed by atoms with Gasteiger partial charge in [0.05, 0.1) is 0 Å². The molecular weight excluding hydrogens is 220 g/mol. The maximum atomic E-state index is 5.11. The predicted molar refractivity (Wildman–Crippen MR) is 41.2 cm³/mol. The topological polar surface area (TPSA) is 53.7 Å². The predicted octanol–water partition coefficient (Wildman–Crippen LogP) is 0.796. The van der Waals surface area contributed by atoms with Crippen LogP contribution in [-0.4, -0.2) is 28.3 Å². The van der Waals surface area contributed by atoms with Crippen LogP contribution in [0.15, 0.2) is 0 Å². The van der Waals surface area contributed by atoms with Crippen LogP contribution in [0.3, 0.4) is 0 Å². The molecule has 0 aromatic heterocycles. The molecule has 0 aliphatic rings. The van der Waals surface area contributed by atoms with Crippen LogP contribution < -0.4 is 5.90 Å². The summed E-state index contributed by atoms with van der Waals surface area (Å²) in [6, 6.07) is 0. The molecule has 4 nitrogen and oxygen atoms in total. The molecule has 0 spiro atoms. The van der Waals surface area contributed by atoms with Crippen molar-refractivity contribution in [1.82, 2.24) is 0 Å². The van der Waals surface area contributed by atoms with E-state index in [4.69, 9.17) is 14.9 Å². The molecule has 0 atom stereocenters. The van der Waals surface area contributed by atoms with Gasteiger partial charge >= 0.3 is 67.9 Å². The van der Waals surface area contributed by atoms with Gasteiger partial charge in [-0.1, -0.05) is 0 Å². The van der Waals surface area contributed by atoms with Crippen molar-refractivity contribution in [2.45, 2.75) is 13.8 Å². The van der Waals surface area contributed by atoms with E-state index in [1.54, 1.807) is 0 Å². The third kappa shape index (κ3) is 3.84. The Morgan fingerprint density at radius 1 is 1.30 bits per heavy atom. The Balaban J connectivity index is 3.83. The molecule has 0 heterocycles. The Morgan fingerprint density at radius 2 is 1.70 bits per heavy atom. The van der Waals surface area contributed by atoms with Crippen LogP contribution in [0.2, 0.25) is 0 Å². The van der Waals surface area contributed by atoms with Gasteiger partial charge in [0.2, 0.25) is 0 Å². The Hall–Kier alpha value is 0.789. The van der Waals surface area contributed by atoms with E-state index in [1.165, 1.54) is 0 Å². The van der Waals surface area contributed by atoms with E-state index in [9.17, 15) is 0 Å². The van der Waals surface area contributed by atoms with E-state index in [0.29, 0.717) is 13.2 Å². The molecule has 0 aliphatic carbocycles. The Labute approximate surface area is 68.4 Å². The second-order valence-corrected chi connectivity index (χ2v) is 5.82. The first-order valence-electron chi connectivity index (χ1n) is 2.96. The average Bonchev–Trinajstić information content (AvgIpc) is 1.89. The first-order valence-corrected chi connectivity index (χ1v) is 6.72. The number of rotatable bonds is 5. The van der Waals surface area contributed by atoms with Gasteiger partial charge < -0.3 is 0 Å². The molecule has 6 heteroatoms. The average molecular weight is 232 g/mol. The third-order valence-electron chi connectivity index (χ3n) is 0.704. The molecular formula is C4H12NO3PSe. The monoisotopic (exact) mass is 233 g/mol. The Kier molecular flexibility index (Phi) is 5.87. The van der Waals surface area contributed by atoms with Crippen molar-refractivity contribution >= 4 is 21.3 Å². The van der Waals surface area contributed by atoms with Crippen LogP contribution in [0.5, 0.6) is 0 Å². The van der Waals surface area contributed by atoms with Gasteiger partial charge in [0.25, 0.3) is 0 Å². The van der Waals surface area contributed by atoms with Crippen LogP contribution in [0.4, 0.5) is 0 Å². The van der Waals surface area contributed by atoms with Crippen LogP contribution >= 0.6 is 6.19 Å². The summed E-state index contributed by atoms with van der Waals surface area (Å²) >= 11 is 2.66. The Morgan fingerprint density at radius 3 is 1.90 bits per heavy atom. The normalized spacial score (nSPS) is 11.9. The van der Waals surface area contributed by atoms with E-state index in [1.807, 2.05) is 13.8 Å². The second-order valence-electron chi connectivity index (χ2n) is 1.39. The van der Waals surface area contributed by atoms with Crippen molar-refractivity contribution < 1.29 is 13.7 Å². The molecule has 0 aromatic carbocycles. The van der Waals surface area contributed by atoms with E-state index in [2.05, 4.69) is 19.7 Å². The SMILES string of the molecule is CCOP(=[Se])(ON)OCC. The summed E-state index contributed by atoms with van der Waals surface area (Å²) in [5.41, 5.74) is 0. The standard InChI is InChI=1S/C4H12NO3PSe/c1-3-6-9(10,8-5)7-4-2/h3-5H2,1-2H3. The van der Waals surface area contributed by atoms with E-state index < -0.39 is 6.19 Å². The fraction of sp³-hybridized carbons (Fsp3) is 1.00. The van der Waals surface area contributed by atoms with E-state index >= 15 is 0 Å². The molecule has 0 amide bonds. The van der Waals surface area contributed by atoms with Gasteiger partial charge in [0.1, 0.15) is 0 Å². The van der Waals surface area contributed by atoms with E-state index in [-0.39, 0.29) is 0 Å². The summed E-state index contributed by atoms with van der Waals surface area (Å²) in [4.78, 5) is 0. The molecule has 0 aromatic rings. The van der Waals surface area contributed by atoms with Gasteiger partial charge in [0.15, 0.2) is 0 Å². The first-order chi connectivity index (χ1) is 4.68. The molecule has 62 valence electrons. The summed E-state index contributed by atoms with van der Waals surface area (Å²) in [5.74, 6) is 4.95. The number of hydrogen-bond acceptors (Lipinski definition) is 4. The van der Waals surface area contributed by atoms with Crippen molar-refractivity contribution in [2.75, 3.05) is 13.2 Å². The van der Waals surface area contributed by atoms with Crippen LogP contribution in [-0.2, 0) is 13.7 Å². The minimum absolute atomic E-state index is 0.526. The maximum absolute atomic E-state index is 5.11. The molecule has 0 saturated heterocycles. The zero-order chi connectivity index (χ0) is 8.04.